The summed E-state index contributed by atoms with van der Waals surface area (Å²) in [5, 5.41) is 6.31. The quantitative estimate of drug-likeness (QED) is 0.382. The summed E-state index contributed by atoms with van der Waals surface area (Å²) in [6.45, 7) is 0.946. The van der Waals surface area contributed by atoms with Crippen molar-refractivity contribution in [2.45, 2.75) is 11.1 Å². The van der Waals surface area contributed by atoms with Crippen LogP contribution in [0.3, 0.4) is 0 Å². The van der Waals surface area contributed by atoms with Gasteiger partial charge in [0, 0.05) is 24.3 Å². The first kappa shape index (κ1) is 26.6. The van der Waals surface area contributed by atoms with E-state index >= 15 is 0 Å². The molecule has 0 aliphatic carbocycles. The molecule has 14 heteroatoms. The molecule has 1 aliphatic heterocycles. The Morgan fingerprint density at radius 3 is 2.46 bits per heavy atom. The highest BCUT2D eigenvalue weighted by atomic mass is 32.2. The molecule has 10 nitrogen and oxygen atoms in total. The zero-order valence-corrected chi connectivity index (χ0v) is 21.3. The number of hydrogen-bond donors (Lipinski definition) is 1. The van der Waals surface area contributed by atoms with Crippen molar-refractivity contribution in [1.29, 1.82) is 0 Å². The average Bonchev–Trinajstić information content (AvgIpc) is 3.37. The van der Waals surface area contributed by atoms with Gasteiger partial charge in [-0.2, -0.15) is 22.6 Å². The van der Waals surface area contributed by atoms with Crippen molar-refractivity contribution in [2.24, 2.45) is 0 Å². The van der Waals surface area contributed by atoms with Gasteiger partial charge in [-0.15, -0.1) is 0 Å². The SMILES string of the molecule is COc1ccc(-c2cc(C(F)(F)F)n3ncc(C(=O)Nc4cccc(S(=O)(=O)N5CCOCC5)c4)c3n2)cc1. The minimum atomic E-state index is -4.79. The summed E-state index contributed by atoms with van der Waals surface area (Å²) in [4.78, 5) is 17.4. The zero-order valence-electron chi connectivity index (χ0n) is 20.5. The second-order valence-electron chi connectivity index (χ2n) is 8.54. The molecule has 0 atom stereocenters. The summed E-state index contributed by atoms with van der Waals surface area (Å²) in [7, 11) is -2.37. The molecular weight excluding hydrogens is 539 g/mol. The van der Waals surface area contributed by atoms with E-state index in [-0.39, 0.29) is 53.8 Å². The Bertz CT molecular complexity index is 1630. The Morgan fingerprint density at radius 2 is 1.79 bits per heavy atom. The number of nitrogens with one attached hydrogen (secondary N) is 1. The van der Waals surface area contributed by atoms with Crippen molar-refractivity contribution >= 4 is 27.3 Å². The van der Waals surface area contributed by atoms with Crippen molar-refractivity contribution in [1.82, 2.24) is 18.9 Å². The van der Waals surface area contributed by atoms with Crippen LogP contribution in [0.25, 0.3) is 16.9 Å². The molecule has 3 heterocycles. The van der Waals surface area contributed by atoms with Crippen LogP contribution in [0, 0.1) is 0 Å². The fourth-order valence-corrected chi connectivity index (χ4v) is 5.56. The van der Waals surface area contributed by atoms with Crippen LogP contribution in [0.5, 0.6) is 5.75 Å². The highest BCUT2D eigenvalue weighted by Crippen LogP contribution is 2.33. The van der Waals surface area contributed by atoms with Gasteiger partial charge >= 0.3 is 6.18 Å². The Hall–Kier alpha value is -4.01. The predicted molar refractivity (Wildman–Crippen MR) is 134 cm³/mol. The fourth-order valence-electron chi connectivity index (χ4n) is 4.10. The molecule has 0 radical (unpaired) electrons. The van der Waals surface area contributed by atoms with Crippen LogP contribution in [0.15, 0.2) is 65.7 Å². The number of alkyl halides is 3. The maximum Gasteiger partial charge on any atom is 0.433 e. The molecule has 1 fully saturated rings. The minimum Gasteiger partial charge on any atom is -0.497 e. The van der Waals surface area contributed by atoms with Crippen LogP contribution in [-0.2, 0) is 20.9 Å². The molecule has 2 aromatic carbocycles. The molecule has 1 aliphatic rings. The second kappa shape index (κ2) is 10.3. The summed E-state index contributed by atoms with van der Waals surface area (Å²) in [6, 6.07) is 12.7. The molecule has 39 heavy (non-hydrogen) atoms. The van der Waals surface area contributed by atoms with Gasteiger partial charge in [0.25, 0.3) is 5.91 Å². The third-order valence-electron chi connectivity index (χ3n) is 6.09. The monoisotopic (exact) mass is 561 g/mol. The smallest absolute Gasteiger partial charge is 0.433 e. The summed E-state index contributed by atoms with van der Waals surface area (Å²) in [5.41, 5.74) is -1.17. The molecule has 5 rings (SSSR count). The molecular formula is C25H22F3N5O5S. The predicted octanol–water partition coefficient (Wildman–Crippen LogP) is 3.70. The number of carbonyl (C=O) groups is 1. The van der Waals surface area contributed by atoms with Gasteiger partial charge in [-0.05, 0) is 48.5 Å². The second-order valence-corrected chi connectivity index (χ2v) is 10.5. The largest absolute Gasteiger partial charge is 0.497 e. The normalized spacial score (nSPS) is 14.9. The number of rotatable bonds is 6. The molecule has 1 saturated heterocycles. The van der Waals surface area contributed by atoms with Crippen molar-refractivity contribution in [2.75, 3.05) is 38.7 Å². The van der Waals surface area contributed by atoms with Gasteiger partial charge in [0.15, 0.2) is 11.3 Å². The molecule has 1 N–H and O–H groups in total. The van der Waals surface area contributed by atoms with Crippen LogP contribution in [0.4, 0.5) is 18.9 Å². The number of anilines is 1. The van der Waals surface area contributed by atoms with E-state index in [2.05, 4.69) is 15.4 Å². The van der Waals surface area contributed by atoms with E-state index in [0.29, 0.717) is 15.8 Å². The number of aromatic nitrogens is 3. The number of halogens is 3. The number of ether oxygens (including phenoxy) is 2. The van der Waals surface area contributed by atoms with Crippen molar-refractivity contribution in [3.8, 4) is 17.0 Å². The van der Waals surface area contributed by atoms with Crippen LogP contribution in [0.2, 0.25) is 0 Å². The highest BCUT2D eigenvalue weighted by molar-refractivity contribution is 7.89. The van der Waals surface area contributed by atoms with Crippen LogP contribution < -0.4 is 10.1 Å². The fraction of sp³-hybridized carbons (Fsp3) is 0.240. The Labute approximate surface area is 221 Å². The topological polar surface area (TPSA) is 115 Å². The Kier molecular flexibility index (Phi) is 7.01. The number of fused-ring (bicyclic) bond motifs is 1. The molecule has 0 unspecified atom stereocenters. The summed E-state index contributed by atoms with van der Waals surface area (Å²) in [5.74, 6) is -0.295. The van der Waals surface area contributed by atoms with Gasteiger partial charge in [-0.1, -0.05) is 6.07 Å². The van der Waals surface area contributed by atoms with Crippen molar-refractivity contribution in [3.05, 3.63) is 72.1 Å². The number of sulfonamides is 1. The number of benzene rings is 2. The van der Waals surface area contributed by atoms with Crippen molar-refractivity contribution < 1.29 is 35.9 Å². The number of methoxy groups -OCH3 is 1. The molecule has 0 saturated carbocycles. The summed E-state index contributed by atoms with van der Waals surface area (Å²) >= 11 is 0. The number of hydrogen-bond acceptors (Lipinski definition) is 7. The lowest BCUT2D eigenvalue weighted by atomic mass is 10.1. The van der Waals surface area contributed by atoms with Gasteiger partial charge in [0.1, 0.15) is 11.3 Å². The maximum atomic E-state index is 13.9. The summed E-state index contributed by atoms with van der Waals surface area (Å²) < 4.78 is 79.9. The molecule has 0 bridgehead atoms. The van der Waals surface area contributed by atoms with Gasteiger partial charge in [-0.25, -0.2) is 17.9 Å². The lowest BCUT2D eigenvalue weighted by molar-refractivity contribution is -0.142. The first-order chi connectivity index (χ1) is 18.6. The standard InChI is InChI=1S/C25H22F3N5O5S/c1-37-18-7-5-16(6-8-18)21-14-22(25(26,27)28)33-23(31-21)20(15-29-33)24(34)30-17-3-2-4-19(13-17)39(35,36)32-9-11-38-12-10-32/h2-8,13-15H,9-12H2,1H3,(H,30,34). The van der Waals surface area contributed by atoms with E-state index in [1.165, 1.54) is 35.7 Å². The van der Waals surface area contributed by atoms with Crippen LogP contribution in [-0.4, -0.2) is 66.6 Å². The number of carbonyl (C=O) groups excluding carboxylic acids is 1. The third kappa shape index (κ3) is 5.30. The van der Waals surface area contributed by atoms with E-state index in [1.807, 2.05) is 0 Å². The average molecular weight is 562 g/mol. The Balaban J connectivity index is 1.50. The summed E-state index contributed by atoms with van der Waals surface area (Å²) in [6.07, 6.45) is -3.80. The Morgan fingerprint density at radius 1 is 1.08 bits per heavy atom. The zero-order chi connectivity index (χ0) is 27.8. The highest BCUT2D eigenvalue weighted by Gasteiger charge is 2.36. The first-order valence-electron chi connectivity index (χ1n) is 11.7. The van der Waals surface area contributed by atoms with E-state index in [1.54, 1.807) is 24.3 Å². The molecule has 204 valence electrons. The molecule has 0 spiro atoms. The van der Waals surface area contributed by atoms with Gasteiger partial charge in [0.05, 0.1) is 37.1 Å². The molecule has 1 amide bonds. The van der Waals surface area contributed by atoms with E-state index in [4.69, 9.17) is 9.47 Å². The van der Waals surface area contributed by atoms with Gasteiger partial charge in [0.2, 0.25) is 10.0 Å². The molecule has 4 aromatic rings. The van der Waals surface area contributed by atoms with Gasteiger partial charge < -0.3 is 14.8 Å². The van der Waals surface area contributed by atoms with Crippen molar-refractivity contribution in [3.63, 3.8) is 0 Å². The van der Waals surface area contributed by atoms with E-state index in [0.717, 1.165) is 12.3 Å². The number of amides is 1. The van der Waals surface area contributed by atoms with E-state index < -0.39 is 27.8 Å². The van der Waals surface area contributed by atoms with E-state index in [9.17, 15) is 26.4 Å². The first-order valence-corrected chi connectivity index (χ1v) is 13.1. The lowest BCUT2D eigenvalue weighted by Crippen LogP contribution is -2.40. The maximum absolute atomic E-state index is 13.9. The minimum absolute atomic E-state index is 0.0226. The van der Waals surface area contributed by atoms with Gasteiger partial charge in [-0.3, -0.25) is 4.79 Å². The van der Waals surface area contributed by atoms with Crippen LogP contribution >= 0.6 is 0 Å². The number of morpholine rings is 1. The lowest BCUT2D eigenvalue weighted by Gasteiger charge is -2.26. The third-order valence-corrected chi connectivity index (χ3v) is 7.99. The number of nitrogens with zero attached hydrogens (tertiary/aromatic N) is 4. The molecule has 2 aromatic heterocycles. The van der Waals surface area contributed by atoms with Crippen LogP contribution in [0.1, 0.15) is 16.1 Å².